The minimum atomic E-state index is -4.57. The number of esters is 1. The number of alkyl halides is 3. The van der Waals surface area contributed by atoms with Crippen LogP contribution in [0.3, 0.4) is 0 Å². The van der Waals surface area contributed by atoms with Gasteiger partial charge in [-0.2, -0.15) is 13.2 Å². The molecular formula is C27H26F4N2O4. The van der Waals surface area contributed by atoms with E-state index in [0.717, 1.165) is 24.3 Å². The Hall–Kier alpha value is -3.95. The van der Waals surface area contributed by atoms with E-state index >= 15 is 0 Å². The molecule has 1 aromatic heterocycles. The molecule has 0 N–H and O–H groups in total. The van der Waals surface area contributed by atoms with Crippen molar-refractivity contribution in [2.45, 2.75) is 39.5 Å². The Labute approximate surface area is 211 Å². The lowest BCUT2D eigenvalue weighted by Crippen LogP contribution is -2.43. The number of carbonyl (C=O) groups excluding carboxylic acids is 3. The van der Waals surface area contributed by atoms with E-state index in [1.807, 2.05) is 0 Å². The van der Waals surface area contributed by atoms with Crippen molar-refractivity contribution in [2.24, 2.45) is 7.05 Å². The zero-order valence-electron chi connectivity index (χ0n) is 20.9. The van der Waals surface area contributed by atoms with Crippen LogP contribution in [-0.2, 0) is 24.5 Å². The van der Waals surface area contributed by atoms with Crippen LogP contribution >= 0.6 is 0 Å². The van der Waals surface area contributed by atoms with Gasteiger partial charge in [0.05, 0.1) is 18.7 Å². The molecule has 10 heteroatoms. The number of halogens is 4. The Morgan fingerprint density at radius 1 is 1.00 bits per heavy atom. The number of hydrogen-bond donors (Lipinski definition) is 0. The molecule has 0 saturated heterocycles. The topological polar surface area (TPSA) is 68.6 Å². The van der Waals surface area contributed by atoms with Crippen LogP contribution in [0.25, 0.3) is 0 Å². The molecule has 1 atom stereocenters. The molecule has 0 radical (unpaired) electrons. The van der Waals surface area contributed by atoms with Gasteiger partial charge in [0, 0.05) is 30.4 Å². The van der Waals surface area contributed by atoms with E-state index in [4.69, 9.17) is 4.74 Å². The lowest BCUT2D eigenvalue weighted by atomic mass is 9.98. The van der Waals surface area contributed by atoms with Crippen molar-refractivity contribution in [1.82, 2.24) is 9.47 Å². The summed E-state index contributed by atoms with van der Waals surface area (Å²) in [6.07, 6.45) is -4.57. The van der Waals surface area contributed by atoms with Gasteiger partial charge in [-0.3, -0.25) is 9.59 Å². The molecule has 37 heavy (non-hydrogen) atoms. The number of hydrogen-bond acceptors (Lipinski definition) is 4. The van der Waals surface area contributed by atoms with Crippen LogP contribution < -0.4 is 0 Å². The van der Waals surface area contributed by atoms with Crippen LogP contribution in [0.15, 0.2) is 48.5 Å². The summed E-state index contributed by atoms with van der Waals surface area (Å²) in [5.41, 5.74) is 0.842. The van der Waals surface area contributed by atoms with E-state index in [0.29, 0.717) is 16.8 Å². The molecule has 6 nitrogen and oxygen atoms in total. The summed E-state index contributed by atoms with van der Waals surface area (Å²) < 4.78 is 58.8. The van der Waals surface area contributed by atoms with Gasteiger partial charge in [-0.15, -0.1) is 0 Å². The Morgan fingerprint density at radius 3 is 2.08 bits per heavy atom. The maximum atomic E-state index is 13.7. The molecule has 0 saturated carbocycles. The van der Waals surface area contributed by atoms with Crippen molar-refractivity contribution >= 4 is 17.7 Å². The molecule has 196 valence electrons. The van der Waals surface area contributed by atoms with E-state index in [1.54, 1.807) is 20.9 Å². The fourth-order valence-electron chi connectivity index (χ4n) is 4.22. The first-order chi connectivity index (χ1) is 17.3. The quantitative estimate of drug-likeness (QED) is 0.235. The van der Waals surface area contributed by atoms with Crippen LogP contribution in [0.1, 0.15) is 60.5 Å². The van der Waals surface area contributed by atoms with Crippen LogP contribution in [0.4, 0.5) is 17.6 Å². The highest BCUT2D eigenvalue weighted by Crippen LogP contribution is 2.30. The first kappa shape index (κ1) is 27.6. The number of carbonyl (C=O) groups is 3. The van der Waals surface area contributed by atoms with Gasteiger partial charge in [-0.25, -0.2) is 9.18 Å². The van der Waals surface area contributed by atoms with Gasteiger partial charge < -0.3 is 14.2 Å². The highest BCUT2D eigenvalue weighted by molar-refractivity contribution is 6.07. The standard InChI is InChI=1S/C27H26F4N2O4/c1-15-22(16(2)32(4)23(15)26(36)37-5)24(34)17(3)33(14-18-6-12-21(28)13-7-18)25(35)19-8-10-20(11-9-19)27(29,30)31/h6-13,17H,14H2,1-5H3. The minimum Gasteiger partial charge on any atom is -0.464 e. The largest absolute Gasteiger partial charge is 0.464 e. The van der Waals surface area contributed by atoms with Gasteiger partial charge in [0.2, 0.25) is 0 Å². The Kier molecular flexibility index (Phi) is 7.90. The van der Waals surface area contributed by atoms with E-state index < -0.39 is 41.3 Å². The average Bonchev–Trinajstić information content (AvgIpc) is 3.09. The van der Waals surface area contributed by atoms with E-state index in [-0.39, 0.29) is 23.4 Å². The first-order valence-electron chi connectivity index (χ1n) is 11.3. The van der Waals surface area contributed by atoms with Crippen molar-refractivity contribution in [3.8, 4) is 0 Å². The zero-order chi connectivity index (χ0) is 27.7. The maximum absolute atomic E-state index is 13.7. The molecule has 0 aliphatic carbocycles. The fourth-order valence-corrected chi connectivity index (χ4v) is 4.22. The van der Waals surface area contributed by atoms with Gasteiger partial charge in [-0.05, 0) is 68.3 Å². The molecule has 0 aliphatic rings. The Balaban J connectivity index is 2.04. The molecule has 0 bridgehead atoms. The maximum Gasteiger partial charge on any atom is 0.416 e. The smallest absolute Gasteiger partial charge is 0.416 e. The molecule has 1 unspecified atom stereocenters. The third-order valence-electron chi connectivity index (χ3n) is 6.39. The number of ether oxygens (including phenoxy) is 1. The summed E-state index contributed by atoms with van der Waals surface area (Å²) in [6, 6.07) is 7.93. The predicted octanol–water partition coefficient (Wildman–Crippen LogP) is 5.50. The monoisotopic (exact) mass is 518 g/mol. The Morgan fingerprint density at radius 2 is 1.57 bits per heavy atom. The second-order valence-electron chi connectivity index (χ2n) is 8.66. The van der Waals surface area contributed by atoms with Gasteiger partial charge >= 0.3 is 12.1 Å². The minimum absolute atomic E-state index is 0.0495. The van der Waals surface area contributed by atoms with Crippen LogP contribution in [-0.4, -0.2) is 40.3 Å². The SMILES string of the molecule is COC(=O)c1c(C)c(C(=O)C(C)N(Cc2ccc(F)cc2)C(=O)c2ccc(C(F)(F)F)cc2)c(C)n1C. The highest BCUT2D eigenvalue weighted by Gasteiger charge is 2.34. The number of methoxy groups -OCH3 is 1. The van der Waals surface area contributed by atoms with Gasteiger partial charge in [0.1, 0.15) is 11.5 Å². The normalized spacial score (nSPS) is 12.2. The lowest BCUT2D eigenvalue weighted by Gasteiger charge is -2.29. The highest BCUT2D eigenvalue weighted by atomic mass is 19.4. The van der Waals surface area contributed by atoms with Gasteiger partial charge in [0.15, 0.2) is 5.78 Å². The number of ketones is 1. The summed E-state index contributed by atoms with van der Waals surface area (Å²) in [4.78, 5) is 40.7. The number of aromatic nitrogens is 1. The summed E-state index contributed by atoms with van der Waals surface area (Å²) in [5.74, 6) is -2.26. The zero-order valence-corrected chi connectivity index (χ0v) is 20.9. The molecule has 0 spiro atoms. The number of nitrogens with zero attached hydrogens (tertiary/aromatic N) is 2. The number of benzene rings is 2. The second kappa shape index (κ2) is 10.6. The second-order valence-corrected chi connectivity index (χ2v) is 8.66. The fraction of sp³-hybridized carbons (Fsp3) is 0.296. The van der Waals surface area contributed by atoms with Crippen molar-refractivity contribution < 1.29 is 36.7 Å². The summed E-state index contributed by atoms with van der Waals surface area (Å²) in [6.45, 7) is 4.64. The molecule has 0 fully saturated rings. The third-order valence-corrected chi connectivity index (χ3v) is 6.39. The molecule has 1 amide bonds. The number of rotatable bonds is 7. The molecule has 2 aromatic carbocycles. The van der Waals surface area contributed by atoms with Crippen molar-refractivity contribution in [1.29, 1.82) is 0 Å². The third kappa shape index (κ3) is 5.58. The van der Waals surface area contributed by atoms with Crippen molar-refractivity contribution in [3.05, 3.63) is 93.6 Å². The predicted molar refractivity (Wildman–Crippen MR) is 128 cm³/mol. The molecule has 1 heterocycles. The summed E-state index contributed by atoms with van der Waals surface area (Å²) in [7, 11) is 2.83. The van der Waals surface area contributed by atoms with E-state index in [9.17, 15) is 31.9 Å². The lowest BCUT2D eigenvalue weighted by molar-refractivity contribution is -0.137. The first-order valence-corrected chi connectivity index (χ1v) is 11.3. The van der Waals surface area contributed by atoms with E-state index in [2.05, 4.69) is 0 Å². The number of amides is 1. The molecule has 0 aliphatic heterocycles. The summed E-state index contributed by atoms with van der Waals surface area (Å²) in [5, 5.41) is 0. The van der Waals surface area contributed by atoms with Crippen LogP contribution in [0.2, 0.25) is 0 Å². The number of Topliss-reactive ketones (excluding diaryl/α,β-unsaturated/α-hetero) is 1. The van der Waals surface area contributed by atoms with Crippen LogP contribution in [0, 0.1) is 19.7 Å². The molecule has 3 aromatic rings. The summed E-state index contributed by atoms with van der Waals surface area (Å²) >= 11 is 0. The van der Waals surface area contributed by atoms with Crippen molar-refractivity contribution in [2.75, 3.05) is 7.11 Å². The van der Waals surface area contributed by atoms with Gasteiger partial charge in [0.25, 0.3) is 5.91 Å². The van der Waals surface area contributed by atoms with Crippen molar-refractivity contribution in [3.63, 3.8) is 0 Å². The average molecular weight is 519 g/mol. The van der Waals surface area contributed by atoms with E-state index in [1.165, 1.54) is 47.8 Å². The van der Waals surface area contributed by atoms with Crippen LogP contribution in [0.5, 0.6) is 0 Å². The van der Waals surface area contributed by atoms with Gasteiger partial charge in [-0.1, -0.05) is 12.1 Å². The molecule has 3 rings (SSSR count). The molecular weight excluding hydrogens is 492 g/mol. The Bertz CT molecular complexity index is 1330.